The molecule has 0 saturated carbocycles. The van der Waals surface area contributed by atoms with E-state index in [9.17, 15) is 0 Å². The lowest BCUT2D eigenvalue weighted by molar-refractivity contribution is 0.932. The minimum absolute atomic E-state index is 0.793. The molecule has 124 valence electrons. The first-order chi connectivity index (χ1) is 11.9. The van der Waals surface area contributed by atoms with Crippen LogP contribution in [-0.4, -0.2) is 19.3 Å². The van der Waals surface area contributed by atoms with Crippen molar-refractivity contribution in [3.8, 4) is 0 Å². The number of allylic oxidation sites excluding steroid dienone is 1. The largest absolute Gasteiger partial charge is 0.683 e. The number of hydrogen-bond donors (Lipinski definition) is 2. The van der Waals surface area contributed by atoms with Crippen LogP contribution >= 0.6 is 0 Å². The monoisotopic (exact) mass is 319 g/mol. The van der Waals surface area contributed by atoms with E-state index in [1.54, 1.807) is 0 Å². The number of nitrogens with zero attached hydrogens (tertiary/aromatic N) is 2. The Morgan fingerprint density at radius 3 is 2.71 bits per heavy atom. The fraction of sp³-hybridized carbons (Fsp3) is 0.250. The highest BCUT2D eigenvalue weighted by Gasteiger charge is 2.00. The summed E-state index contributed by atoms with van der Waals surface area (Å²) in [6, 6.07) is 16.3. The van der Waals surface area contributed by atoms with Crippen LogP contribution in [0.2, 0.25) is 0 Å². The van der Waals surface area contributed by atoms with E-state index in [0.29, 0.717) is 0 Å². The van der Waals surface area contributed by atoms with E-state index in [1.165, 1.54) is 0 Å². The van der Waals surface area contributed by atoms with E-state index < -0.39 is 0 Å². The predicted molar refractivity (Wildman–Crippen MR) is 104 cm³/mol. The molecule has 4 heteroatoms. The molecule has 0 aromatic heterocycles. The fourth-order valence-corrected chi connectivity index (χ4v) is 2.52. The van der Waals surface area contributed by atoms with Crippen LogP contribution in [0.5, 0.6) is 0 Å². The maximum atomic E-state index is 4.72. The molecule has 3 rings (SSSR count). The Labute approximate surface area is 143 Å². The van der Waals surface area contributed by atoms with Gasteiger partial charge in [-0.3, -0.25) is 4.99 Å². The molecule has 0 atom stereocenters. The maximum Gasteiger partial charge on any atom is 0.0861 e. The van der Waals surface area contributed by atoms with Crippen molar-refractivity contribution in [3.05, 3.63) is 65.6 Å². The predicted octanol–water partition coefficient (Wildman–Crippen LogP) is 5.62. The van der Waals surface area contributed by atoms with Crippen LogP contribution in [0.3, 0.4) is 0 Å². The molecule has 2 N–H and O–H groups in total. The zero-order valence-electron chi connectivity index (χ0n) is 14.0. The fourth-order valence-electron chi connectivity index (χ4n) is 2.52. The summed E-state index contributed by atoms with van der Waals surface area (Å²) in [5.41, 5.74) is 5.19. The minimum Gasteiger partial charge on any atom is -0.683 e. The lowest BCUT2D eigenvalue weighted by atomic mass is 10.2. The van der Waals surface area contributed by atoms with Gasteiger partial charge in [-0.1, -0.05) is 43.7 Å². The Balaban J connectivity index is 1.90. The van der Waals surface area contributed by atoms with Crippen LogP contribution in [-0.2, 0) is 0 Å². The third-order valence-electron chi connectivity index (χ3n) is 3.93. The van der Waals surface area contributed by atoms with Crippen molar-refractivity contribution >= 4 is 29.0 Å². The first kappa shape index (κ1) is 16.1. The van der Waals surface area contributed by atoms with Gasteiger partial charge in [0.2, 0.25) is 0 Å². The molecule has 0 fully saturated rings. The summed E-state index contributed by atoms with van der Waals surface area (Å²) in [5, 5.41) is 11.6. The molecule has 2 aromatic rings. The highest BCUT2D eigenvalue weighted by atomic mass is 15.0. The van der Waals surface area contributed by atoms with Crippen LogP contribution in [0.1, 0.15) is 19.8 Å². The van der Waals surface area contributed by atoms with Crippen molar-refractivity contribution in [1.82, 2.24) is 0 Å². The zero-order valence-corrected chi connectivity index (χ0v) is 14.0. The highest BCUT2D eigenvalue weighted by molar-refractivity contribution is 5.84. The van der Waals surface area contributed by atoms with Crippen molar-refractivity contribution in [2.45, 2.75) is 19.8 Å². The number of nitrogens with one attached hydrogen (secondary N) is 2. The molecule has 0 aliphatic carbocycles. The average Bonchev–Trinajstić information content (AvgIpc) is 2.63. The van der Waals surface area contributed by atoms with Gasteiger partial charge in [-0.25, -0.2) is 0 Å². The summed E-state index contributed by atoms with van der Waals surface area (Å²) < 4.78 is 0. The van der Waals surface area contributed by atoms with E-state index in [1.807, 2.05) is 48.8 Å². The van der Waals surface area contributed by atoms with E-state index >= 15 is 0 Å². The van der Waals surface area contributed by atoms with E-state index in [4.69, 9.17) is 5.32 Å². The first-order valence-corrected chi connectivity index (χ1v) is 8.46. The lowest BCUT2D eigenvalue weighted by Crippen LogP contribution is -2.04. The quantitative estimate of drug-likeness (QED) is 0.717. The second-order valence-corrected chi connectivity index (χ2v) is 5.67. The normalized spacial score (nSPS) is 17.0. The summed E-state index contributed by atoms with van der Waals surface area (Å²) in [7, 11) is 0. The number of benzene rings is 2. The Kier molecular flexibility index (Phi) is 5.51. The van der Waals surface area contributed by atoms with Gasteiger partial charge in [0.1, 0.15) is 0 Å². The van der Waals surface area contributed by atoms with Crippen molar-refractivity contribution in [2.75, 3.05) is 23.7 Å². The van der Waals surface area contributed by atoms with Gasteiger partial charge >= 0.3 is 0 Å². The first-order valence-electron chi connectivity index (χ1n) is 8.46. The topological polar surface area (TPSA) is 50.5 Å². The maximum absolute atomic E-state index is 4.72. The van der Waals surface area contributed by atoms with Crippen LogP contribution in [0.4, 0.5) is 22.7 Å². The van der Waals surface area contributed by atoms with Crippen molar-refractivity contribution in [1.29, 1.82) is 0 Å². The molecule has 0 amide bonds. The highest BCUT2D eigenvalue weighted by Crippen LogP contribution is 2.29. The Bertz CT molecular complexity index is 734. The summed E-state index contributed by atoms with van der Waals surface area (Å²) in [4.78, 5) is 4.66. The molecule has 1 aliphatic rings. The molecular weight excluding hydrogens is 296 g/mol. The molecule has 0 bridgehead atoms. The van der Waals surface area contributed by atoms with Gasteiger partial charge in [-0.05, 0) is 30.2 Å². The van der Waals surface area contributed by atoms with Gasteiger partial charge < -0.3 is 16.0 Å². The van der Waals surface area contributed by atoms with Gasteiger partial charge in [-0.15, -0.1) is 12.2 Å². The summed E-state index contributed by atoms with van der Waals surface area (Å²) in [6.45, 7) is 3.80. The molecular formula is C20H23N4-. The van der Waals surface area contributed by atoms with Gasteiger partial charge in [0, 0.05) is 24.6 Å². The number of hydrogen-bond acceptors (Lipinski definition) is 3. The number of aliphatic imine (C=N–C) groups is 1. The molecule has 1 heterocycles. The number of para-hydroxylation sites is 4. The van der Waals surface area contributed by atoms with Crippen LogP contribution in [0.25, 0.3) is 5.32 Å². The van der Waals surface area contributed by atoms with Gasteiger partial charge in [0.25, 0.3) is 0 Å². The Morgan fingerprint density at radius 2 is 1.83 bits per heavy atom. The van der Waals surface area contributed by atoms with Gasteiger partial charge in [0.15, 0.2) is 0 Å². The van der Waals surface area contributed by atoms with E-state index in [-0.39, 0.29) is 0 Å². The van der Waals surface area contributed by atoms with Crippen molar-refractivity contribution in [2.24, 2.45) is 4.99 Å². The second kappa shape index (κ2) is 8.20. The molecule has 1 aliphatic heterocycles. The Morgan fingerprint density at radius 1 is 1.04 bits per heavy atom. The summed E-state index contributed by atoms with van der Waals surface area (Å²) >= 11 is 0. The van der Waals surface area contributed by atoms with Gasteiger partial charge in [-0.2, -0.15) is 0 Å². The zero-order chi connectivity index (χ0) is 16.6. The number of anilines is 2. The van der Waals surface area contributed by atoms with Crippen LogP contribution < -0.4 is 10.6 Å². The smallest absolute Gasteiger partial charge is 0.0861 e. The molecule has 0 spiro atoms. The standard InChI is InChI=1S/C20H23N4/c1-2-16-14-23-19-10-5-3-8-17(19)21-12-7-13-22-18-9-4-6-11-20(18)24-15-16/h3-6,8-11,14-15,21,24H,2,7,12-13H2,1H3/q-1/b16-15-,23-14?. The van der Waals surface area contributed by atoms with Gasteiger partial charge in [0.05, 0.1) is 11.4 Å². The molecule has 2 aromatic carbocycles. The third-order valence-corrected chi connectivity index (χ3v) is 3.93. The van der Waals surface area contributed by atoms with Crippen molar-refractivity contribution in [3.63, 3.8) is 0 Å². The summed E-state index contributed by atoms with van der Waals surface area (Å²) in [6.07, 6.45) is 5.83. The SMILES string of the molecule is CC/C1=C/Nc2ccccc2[N-]CCCNc2ccccc2N=C1. The van der Waals surface area contributed by atoms with Crippen LogP contribution in [0, 0.1) is 0 Å². The molecule has 0 unspecified atom stereocenters. The van der Waals surface area contributed by atoms with Crippen LogP contribution in [0.15, 0.2) is 65.3 Å². The molecule has 0 radical (unpaired) electrons. The molecule has 24 heavy (non-hydrogen) atoms. The number of fused-ring (bicyclic) bond motifs is 2. The second-order valence-electron chi connectivity index (χ2n) is 5.67. The van der Waals surface area contributed by atoms with E-state index in [0.717, 1.165) is 54.3 Å². The third kappa shape index (κ3) is 4.16. The van der Waals surface area contributed by atoms with E-state index in [2.05, 4.69) is 34.7 Å². The summed E-state index contributed by atoms with van der Waals surface area (Å²) in [5.74, 6) is 0. The van der Waals surface area contributed by atoms with Crippen molar-refractivity contribution < 1.29 is 0 Å². The Hall–Kier alpha value is -2.75. The molecule has 0 saturated heterocycles. The molecule has 4 nitrogen and oxygen atoms in total. The number of rotatable bonds is 1. The lowest BCUT2D eigenvalue weighted by Gasteiger charge is -2.25. The minimum atomic E-state index is 0.793. The average molecular weight is 319 g/mol.